The molecular formula is C11H12O3S. The smallest absolute Gasteiger partial charge is 0.162 e. The number of hydrogen-bond acceptors (Lipinski definition) is 4. The van der Waals surface area contributed by atoms with E-state index in [1.165, 1.54) is 11.8 Å². The van der Waals surface area contributed by atoms with Crippen LogP contribution in [0.25, 0.3) is 0 Å². The highest BCUT2D eigenvalue weighted by atomic mass is 32.2. The normalized spacial score (nSPS) is 14.4. The van der Waals surface area contributed by atoms with Crippen molar-refractivity contribution >= 4 is 18.0 Å². The van der Waals surface area contributed by atoms with Gasteiger partial charge in [0.05, 0.1) is 19.0 Å². The lowest BCUT2D eigenvalue weighted by Gasteiger charge is -2.08. The molecule has 0 fully saturated rings. The third-order valence-corrected chi connectivity index (χ3v) is 2.93. The van der Waals surface area contributed by atoms with Crippen LogP contribution in [-0.4, -0.2) is 25.3 Å². The van der Waals surface area contributed by atoms with E-state index in [2.05, 4.69) is 0 Å². The van der Waals surface area contributed by atoms with E-state index in [1.54, 1.807) is 0 Å². The number of aldehydes is 1. The molecule has 3 nitrogen and oxygen atoms in total. The molecule has 1 aromatic rings. The van der Waals surface area contributed by atoms with Crippen LogP contribution in [0.3, 0.4) is 0 Å². The molecule has 0 N–H and O–H groups in total. The number of carbonyl (C=O) groups excluding carboxylic acids is 1. The Morgan fingerprint density at radius 2 is 2.07 bits per heavy atom. The molecule has 1 heterocycles. The van der Waals surface area contributed by atoms with Crippen LogP contribution < -0.4 is 9.47 Å². The van der Waals surface area contributed by atoms with Crippen LogP contribution in [-0.2, 0) is 4.79 Å². The van der Waals surface area contributed by atoms with E-state index in [0.29, 0.717) is 19.0 Å². The third-order valence-electron chi connectivity index (χ3n) is 2.04. The molecule has 0 bridgehead atoms. The van der Waals surface area contributed by atoms with Gasteiger partial charge in [0, 0.05) is 11.3 Å². The Bertz CT molecular complexity index is 352. The van der Waals surface area contributed by atoms with Crippen LogP contribution in [0.1, 0.15) is 6.42 Å². The molecule has 0 atom stereocenters. The van der Waals surface area contributed by atoms with Gasteiger partial charge in [-0.3, -0.25) is 0 Å². The zero-order chi connectivity index (χ0) is 10.5. The van der Waals surface area contributed by atoms with Gasteiger partial charge >= 0.3 is 0 Å². The average molecular weight is 224 g/mol. The van der Waals surface area contributed by atoms with Crippen molar-refractivity contribution in [3.63, 3.8) is 0 Å². The van der Waals surface area contributed by atoms with Gasteiger partial charge in [-0.25, -0.2) is 0 Å². The molecule has 1 aliphatic rings. The summed E-state index contributed by atoms with van der Waals surface area (Å²) in [7, 11) is 0. The third kappa shape index (κ3) is 2.65. The number of rotatable bonds is 3. The first-order valence-electron chi connectivity index (χ1n) is 4.86. The summed E-state index contributed by atoms with van der Waals surface area (Å²) in [6, 6.07) is 5.77. The maximum atomic E-state index is 10.2. The highest BCUT2D eigenvalue weighted by Crippen LogP contribution is 2.33. The lowest BCUT2D eigenvalue weighted by atomic mass is 10.3. The maximum Gasteiger partial charge on any atom is 0.162 e. The number of ether oxygens (including phenoxy) is 2. The molecule has 2 rings (SSSR count). The fourth-order valence-corrected chi connectivity index (χ4v) is 1.98. The predicted octanol–water partition coefficient (Wildman–Crippen LogP) is 2.14. The Balaban J connectivity index is 2.16. The van der Waals surface area contributed by atoms with Gasteiger partial charge in [-0.1, -0.05) is 0 Å². The molecule has 0 aromatic heterocycles. The van der Waals surface area contributed by atoms with Gasteiger partial charge in [0.15, 0.2) is 11.5 Å². The highest BCUT2D eigenvalue weighted by molar-refractivity contribution is 7.99. The van der Waals surface area contributed by atoms with Gasteiger partial charge in [-0.2, -0.15) is 0 Å². The topological polar surface area (TPSA) is 35.5 Å². The Labute approximate surface area is 92.8 Å². The maximum absolute atomic E-state index is 10.2. The summed E-state index contributed by atoms with van der Waals surface area (Å²) >= 11 is 1.50. The van der Waals surface area contributed by atoms with E-state index in [1.807, 2.05) is 18.2 Å². The monoisotopic (exact) mass is 224 g/mol. The average Bonchev–Trinajstić information content (AvgIpc) is 2.50. The minimum Gasteiger partial charge on any atom is -0.490 e. The van der Waals surface area contributed by atoms with Gasteiger partial charge in [0.2, 0.25) is 0 Å². The second-order valence-corrected chi connectivity index (χ2v) is 4.23. The molecule has 15 heavy (non-hydrogen) atoms. The number of carbonyl (C=O) groups is 1. The molecule has 0 aliphatic carbocycles. The molecule has 0 saturated heterocycles. The first-order chi connectivity index (χ1) is 7.40. The number of fused-ring (bicyclic) bond motifs is 1. The van der Waals surface area contributed by atoms with Crippen molar-refractivity contribution in [2.75, 3.05) is 19.0 Å². The number of hydrogen-bond donors (Lipinski definition) is 0. The fourth-order valence-electron chi connectivity index (χ4n) is 1.36. The van der Waals surface area contributed by atoms with Crippen molar-refractivity contribution < 1.29 is 14.3 Å². The van der Waals surface area contributed by atoms with Crippen molar-refractivity contribution in [3.8, 4) is 11.5 Å². The lowest BCUT2D eigenvalue weighted by Crippen LogP contribution is -1.97. The zero-order valence-electron chi connectivity index (χ0n) is 8.27. The van der Waals surface area contributed by atoms with Crippen molar-refractivity contribution in [2.45, 2.75) is 11.3 Å². The van der Waals surface area contributed by atoms with Crippen molar-refractivity contribution in [2.24, 2.45) is 0 Å². The molecule has 0 spiro atoms. The van der Waals surface area contributed by atoms with E-state index in [9.17, 15) is 4.79 Å². The largest absolute Gasteiger partial charge is 0.490 e. The molecule has 0 amide bonds. The van der Waals surface area contributed by atoms with Crippen molar-refractivity contribution in [3.05, 3.63) is 18.2 Å². The SMILES string of the molecule is O=CCSc1ccc2c(c1)OCCCO2. The Morgan fingerprint density at radius 3 is 2.87 bits per heavy atom. The van der Waals surface area contributed by atoms with Gasteiger partial charge in [0.1, 0.15) is 6.29 Å². The summed E-state index contributed by atoms with van der Waals surface area (Å²) in [5, 5.41) is 0. The first-order valence-corrected chi connectivity index (χ1v) is 5.85. The zero-order valence-corrected chi connectivity index (χ0v) is 9.09. The second-order valence-electron chi connectivity index (χ2n) is 3.14. The second kappa shape index (κ2) is 5.07. The first kappa shape index (κ1) is 10.4. The summed E-state index contributed by atoms with van der Waals surface area (Å²) in [6.07, 6.45) is 1.80. The summed E-state index contributed by atoms with van der Waals surface area (Å²) in [6.45, 7) is 1.39. The molecular weight excluding hydrogens is 212 g/mol. The van der Waals surface area contributed by atoms with Crippen molar-refractivity contribution in [1.29, 1.82) is 0 Å². The molecule has 0 unspecified atom stereocenters. The summed E-state index contributed by atoms with van der Waals surface area (Å²) < 4.78 is 11.0. The van der Waals surface area contributed by atoms with Crippen molar-refractivity contribution in [1.82, 2.24) is 0 Å². The molecule has 1 aliphatic heterocycles. The van der Waals surface area contributed by atoms with Crippen LogP contribution in [0.4, 0.5) is 0 Å². The summed E-state index contributed by atoms with van der Waals surface area (Å²) in [4.78, 5) is 11.3. The van der Waals surface area contributed by atoms with Crippen LogP contribution >= 0.6 is 11.8 Å². The minimum atomic E-state index is 0.472. The fraction of sp³-hybridized carbons (Fsp3) is 0.364. The molecule has 1 aromatic carbocycles. The molecule has 80 valence electrons. The van der Waals surface area contributed by atoms with Gasteiger partial charge < -0.3 is 14.3 Å². The highest BCUT2D eigenvalue weighted by Gasteiger charge is 2.10. The lowest BCUT2D eigenvalue weighted by molar-refractivity contribution is -0.105. The van der Waals surface area contributed by atoms with E-state index >= 15 is 0 Å². The van der Waals surface area contributed by atoms with E-state index in [0.717, 1.165) is 29.1 Å². The van der Waals surface area contributed by atoms with Crippen LogP contribution in [0.5, 0.6) is 11.5 Å². The minimum absolute atomic E-state index is 0.472. The number of benzene rings is 1. The molecule has 0 radical (unpaired) electrons. The van der Waals surface area contributed by atoms with E-state index in [-0.39, 0.29) is 0 Å². The van der Waals surface area contributed by atoms with Crippen LogP contribution in [0, 0.1) is 0 Å². The quantitative estimate of drug-likeness (QED) is 0.582. The summed E-state index contributed by atoms with van der Waals surface area (Å²) in [5.74, 6) is 2.05. The van der Waals surface area contributed by atoms with Gasteiger partial charge in [0.25, 0.3) is 0 Å². The predicted molar refractivity (Wildman–Crippen MR) is 58.8 cm³/mol. The van der Waals surface area contributed by atoms with E-state index < -0.39 is 0 Å². The Hall–Kier alpha value is -1.16. The van der Waals surface area contributed by atoms with E-state index in [4.69, 9.17) is 9.47 Å². The molecule has 4 heteroatoms. The standard InChI is InChI=1S/C11H12O3S/c12-4-7-15-9-2-3-10-11(8-9)14-6-1-5-13-10/h2-4,8H,1,5-7H2. The van der Waals surface area contributed by atoms with Gasteiger partial charge in [-0.05, 0) is 18.2 Å². The number of thioether (sulfide) groups is 1. The van der Waals surface area contributed by atoms with Gasteiger partial charge in [-0.15, -0.1) is 11.8 Å². The van der Waals surface area contributed by atoms with Crippen LogP contribution in [0.2, 0.25) is 0 Å². The molecule has 0 saturated carbocycles. The Kier molecular flexibility index (Phi) is 3.50. The Morgan fingerprint density at radius 1 is 1.27 bits per heavy atom. The summed E-state index contributed by atoms with van der Waals surface area (Å²) in [5.41, 5.74) is 0. The van der Waals surface area contributed by atoms with Crippen LogP contribution in [0.15, 0.2) is 23.1 Å².